The van der Waals surface area contributed by atoms with Gasteiger partial charge in [0.1, 0.15) is 11.6 Å². The predicted octanol–water partition coefficient (Wildman–Crippen LogP) is 2.33. The van der Waals surface area contributed by atoms with Gasteiger partial charge in [-0.3, -0.25) is 4.72 Å². The number of rotatable bonds is 3. The summed E-state index contributed by atoms with van der Waals surface area (Å²) in [5.74, 6) is -1.07. The lowest BCUT2D eigenvalue weighted by Gasteiger charge is -2.01. The van der Waals surface area contributed by atoms with Crippen molar-refractivity contribution in [3.63, 3.8) is 0 Å². The van der Waals surface area contributed by atoms with Gasteiger partial charge in [-0.1, -0.05) is 11.9 Å². The maximum atomic E-state index is 12.6. The Morgan fingerprint density at radius 2 is 1.83 bits per heavy atom. The summed E-state index contributed by atoms with van der Waals surface area (Å²) in [6, 6.07) is 3.49. The highest BCUT2D eigenvalue weighted by Crippen LogP contribution is 2.08. The molecule has 0 aliphatic heterocycles. The third-order valence-corrected chi connectivity index (χ3v) is 1.78. The molecule has 0 aromatic heterocycles. The number of halogens is 2. The van der Waals surface area contributed by atoms with E-state index in [9.17, 15) is 8.78 Å². The molecule has 0 saturated carbocycles. The van der Waals surface area contributed by atoms with Gasteiger partial charge in [0.25, 0.3) is 0 Å². The standard InChI is InChI=1S/C8H9F2NS/c1-12-11-5-6-2-7(9)4-8(10)3-6/h2-4,11H,5H2,1H3. The molecule has 0 saturated heterocycles. The molecule has 0 aliphatic carbocycles. The summed E-state index contributed by atoms with van der Waals surface area (Å²) in [4.78, 5) is 0. The van der Waals surface area contributed by atoms with Crippen molar-refractivity contribution in [2.75, 3.05) is 6.26 Å². The Balaban J connectivity index is 2.72. The van der Waals surface area contributed by atoms with Gasteiger partial charge in [0.2, 0.25) is 0 Å². The number of hydrogen-bond acceptors (Lipinski definition) is 2. The van der Waals surface area contributed by atoms with Crippen molar-refractivity contribution in [2.45, 2.75) is 6.54 Å². The number of benzene rings is 1. The van der Waals surface area contributed by atoms with Crippen molar-refractivity contribution < 1.29 is 8.78 Å². The van der Waals surface area contributed by atoms with Gasteiger partial charge in [0, 0.05) is 12.6 Å². The third-order valence-electron chi connectivity index (χ3n) is 1.34. The lowest BCUT2D eigenvalue weighted by molar-refractivity contribution is 0.579. The van der Waals surface area contributed by atoms with Gasteiger partial charge in [-0.15, -0.1) is 0 Å². The largest absolute Gasteiger partial charge is 0.260 e. The fraction of sp³-hybridized carbons (Fsp3) is 0.250. The van der Waals surface area contributed by atoms with Crippen molar-refractivity contribution in [2.24, 2.45) is 0 Å². The van der Waals surface area contributed by atoms with E-state index in [1.807, 2.05) is 6.26 Å². The zero-order valence-electron chi connectivity index (χ0n) is 6.60. The zero-order valence-corrected chi connectivity index (χ0v) is 7.42. The van der Waals surface area contributed by atoms with Crippen LogP contribution in [-0.2, 0) is 6.54 Å². The maximum absolute atomic E-state index is 12.6. The minimum atomic E-state index is -0.534. The molecule has 0 heterocycles. The molecule has 66 valence electrons. The van der Waals surface area contributed by atoms with Gasteiger partial charge in [0.05, 0.1) is 0 Å². The first kappa shape index (κ1) is 9.48. The maximum Gasteiger partial charge on any atom is 0.126 e. The van der Waals surface area contributed by atoms with Crippen molar-refractivity contribution in [1.82, 2.24) is 4.72 Å². The molecule has 0 fully saturated rings. The van der Waals surface area contributed by atoms with Crippen LogP contribution in [-0.4, -0.2) is 6.26 Å². The molecule has 0 aliphatic rings. The van der Waals surface area contributed by atoms with E-state index in [4.69, 9.17) is 0 Å². The van der Waals surface area contributed by atoms with Crippen LogP contribution in [0.4, 0.5) is 8.78 Å². The topological polar surface area (TPSA) is 12.0 Å². The summed E-state index contributed by atoms with van der Waals surface area (Å²) < 4.78 is 28.1. The summed E-state index contributed by atoms with van der Waals surface area (Å²) in [5.41, 5.74) is 0.613. The van der Waals surface area contributed by atoms with Gasteiger partial charge < -0.3 is 0 Å². The number of nitrogens with one attached hydrogen (secondary N) is 1. The minimum absolute atomic E-state index is 0.468. The van der Waals surface area contributed by atoms with Gasteiger partial charge in [0.15, 0.2) is 0 Å². The fourth-order valence-corrected chi connectivity index (χ4v) is 1.18. The van der Waals surface area contributed by atoms with Gasteiger partial charge in [-0.2, -0.15) is 0 Å². The van der Waals surface area contributed by atoms with Crippen LogP contribution < -0.4 is 4.72 Å². The Hall–Kier alpha value is -0.610. The van der Waals surface area contributed by atoms with Crippen LogP contribution in [0.2, 0.25) is 0 Å². The molecule has 0 atom stereocenters. The molecule has 1 nitrogen and oxygen atoms in total. The Morgan fingerprint density at radius 1 is 1.25 bits per heavy atom. The Morgan fingerprint density at radius 3 is 2.33 bits per heavy atom. The highest BCUT2D eigenvalue weighted by atomic mass is 32.2. The van der Waals surface area contributed by atoms with E-state index in [0.29, 0.717) is 12.1 Å². The van der Waals surface area contributed by atoms with Crippen LogP contribution in [0, 0.1) is 11.6 Å². The Bertz CT molecular complexity index is 245. The highest BCUT2D eigenvalue weighted by Gasteiger charge is 1.98. The molecular formula is C8H9F2NS. The van der Waals surface area contributed by atoms with Crippen molar-refractivity contribution in [1.29, 1.82) is 0 Å². The summed E-state index contributed by atoms with van der Waals surface area (Å²) in [6.07, 6.45) is 1.86. The second-order valence-corrected chi connectivity index (χ2v) is 3.00. The normalized spacial score (nSPS) is 10.2. The SMILES string of the molecule is CSNCc1cc(F)cc(F)c1. The summed E-state index contributed by atoms with van der Waals surface area (Å²) in [5, 5.41) is 0. The lowest BCUT2D eigenvalue weighted by Crippen LogP contribution is -2.02. The molecule has 0 bridgehead atoms. The van der Waals surface area contributed by atoms with Crippen molar-refractivity contribution >= 4 is 11.9 Å². The van der Waals surface area contributed by atoms with E-state index in [0.717, 1.165) is 6.07 Å². The quantitative estimate of drug-likeness (QED) is 0.732. The Labute approximate surface area is 74.3 Å². The smallest absolute Gasteiger partial charge is 0.126 e. The predicted molar refractivity (Wildman–Crippen MR) is 46.7 cm³/mol. The van der Waals surface area contributed by atoms with Gasteiger partial charge >= 0.3 is 0 Å². The Kier molecular flexibility index (Phi) is 3.49. The molecule has 0 radical (unpaired) electrons. The summed E-state index contributed by atoms with van der Waals surface area (Å²) in [6.45, 7) is 0.468. The van der Waals surface area contributed by atoms with Crippen molar-refractivity contribution in [3.8, 4) is 0 Å². The van der Waals surface area contributed by atoms with Gasteiger partial charge in [-0.05, 0) is 24.0 Å². The van der Waals surface area contributed by atoms with E-state index in [-0.39, 0.29) is 0 Å². The van der Waals surface area contributed by atoms with Crippen LogP contribution in [0.3, 0.4) is 0 Å². The molecule has 1 aromatic rings. The first-order valence-corrected chi connectivity index (χ1v) is 4.65. The third kappa shape index (κ3) is 2.79. The van der Waals surface area contributed by atoms with Crippen LogP contribution in [0.1, 0.15) is 5.56 Å². The second-order valence-electron chi connectivity index (χ2n) is 2.30. The second kappa shape index (κ2) is 4.42. The highest BCUT2D eigenvalue weighted by molar-refractivity contribution is 7.96. The first-order chi connectivity index (χ1) is 5.72. The lowest BCUT2D eigenvalue weighted by atomic mass is 10.2. The van der Waals surface area contributed by atoms with Crippen molar-refractivity contribution in [3.05, 3.63) is 35.4 Å². The molecule has 0 spiro atoms. The monoisotopic (exact) mass is 189 g/mol. The number of hydrogen-bond donors (Lipinski definition) is 1. The first-order valence-electron chi connectivity index (χ1n) is 3.43. The van der Waals surface area contributed by atoms with Crippen LogP contribution in [0.5, 0.6) is 0 Å². The van der Waals surface area contributed by atoms with Crippen LogP contribution in [0.15, 0.2) is 18.2 Å². The van der Waals surface area contributed by atoms with E-state index in [1.165, 1.54) is 24.1 Å². The van der Waals surface area contributed by atoms with E-state index < -0.39 is 11.6 Å². The van der Waals surface area contributed by atoms with E-state index in [2.05, 4.69) is 4.72 Å². The molecule has 1 N–H and O–H groups in total. The molecule has 0 amide bonds. The molecule has 1 rings (SSSR count). The fourth-order valence-electron chi connectivity index (χ4n) is 0.869. The average molecular weight is 189 g/mol. The molecular weight excluding hydrogens is 180 g/mol. The average Bonchev–Trinajstić information content (AvgIpc) is 1.99. The van der Waals surface area contributed by atoms with E-state index >= 15 is 0 Å². The van der Waals surface area contributed by atoms with Crippen LogP contribution >= 0.6 is 11.9 Å². The van der Waals surface area contributed by atoms with E-state index in [1.54, 1.807) is 0 Å². The molecule has 12 heavy (non-hydrogen) atoms. The minimum Gasteiger partial charge on any atom is -0.260 e. The summed E-state index contributed by atoms with van der Waals surface area (Å²) in [7, 11) is 0. The van der Waals surface area contributed by atoms with Crippen LogP contribution in [0.25, 0.3) is 0 Å². The zero-order chi connectivity index (χ0) is 8.97. The van der Waals surface area contributed by atoms with Gasteiger partial charge in [-0.25, -0.2) is 8.78 Å². The summed E-state index contributed by atoms with van der Waals surface area (Å²) >= 11 is 1.41. The molecule has 0 unspecified atom stereocenters. The molecule has 4 heteroatoms. The molecule has 1 aromatic carbocycles.